The number of hydrogen-bond acceptors (Lipinski definition) is 8. The molecule has 0 bridgehead atoms. The molecular formula is C24H36N4O6S. The van der Waals surface area contributed by atoms with Gasteiger partial charge in [0.25, 0.3) is 0 Å². The molecule has 0 radical (unpaired) electrons. The van der Waals surface area contributed by atoms with Crippen molar-refractivity contribution in [2.24, 2.45) is 5.14 Å². The second-order valence-electron chi connectivity index (χ2n) is 10.3. The summed E-state index contributed by atoms with van der Waals surface area (Å²) in [5.41, 5.74) is -0.397. The van der Waals surface area contributed by atoms with Gasteiger partial charge in [-0.25, -0.2) is 18.5 Å². The first kappa shape index (κ1) is 28.5. The third-order valence-electron chi connectivity index (χ3n) is 4.64. The molecule has 0 fully saturated rings. The molecule has 1 aromatic carbocycles. The van der Waals surface area contributed by atoms with Crippen LogP contribution >= 0.6 is 0 Å². The fourth-order valence-electron chi connectivity index (χ4n) is 3.30. The van der Waals surface area contributed by atoms with Crippen LogP contribution in [0.1, 0.15) is 59.4 Å². The van der Waals surface area contributed by atoms with E-state index in [9.17, 15) is 18.0 Å². The largest absolute Gasteiger partial charge is 0.460 e. The normalized spacial score (nSPS) is 13.3. The zero-order valence-corrected chi connectivity index (χ0v) is 22.0. The molecule has 1 heterocycles. The molecule has 0 spiro atoms. The van der Waals surface area contributed by atoms with Gasteiger partial charge < -0.3 is 19.4 Å². The number of rotatable bonds is 10. The average Bonchev–Trinajstić information content (AvgIpc) is 3.09. The summed E-state index contributed by atoms with van der Waals surface area (Å²) < 4.78 is 35.6. The molecule has 11 heteroatoms. The lowest BCUT2D eigenvalue weighted by Gasteiger charge is -2.23. The molecule has 2 aromatic rings. The van der Waals surface area contributed by atoms with Crippen LogP contribution in [-0.4, -0.2) is 47.2 Å². The second kappa shape index (κ2) is 11.3. The van der Waals surface area contributed by atoms with E-state index >= 15 is 0 Å². The fourth-order valence-corrected chi connectivity index (χ4v) is 3.82. The molecule has 0 amide bonds. The number of hydrogen-bond donors (Lipinski definition) is 2. The van der Waals surface area contributed by atoms with Crippen molar-refractivity contribution >= 4 is 22.0 Å². The Morgan fingerprint density at radius 2 is 1.60 bits per heavy atom. The summed E-state index contributed by atoms with van der Waals surface area (Å²) in [6.07, 6.45) is 3.80. The quantitative estimate of drug-likeness (QED) is 0.466. The number of ether oxygens (including phenoxy) is 2. The average molecular weight is 509 g/mol. The molecule has 0 aliphatic heterocycles. The first-order valence-electron chi connectivity index (χ1n) is 11.3. The highest BCUT2D eigenvalue weighted by Gasteiger charge is 2.22. The number of sulfonamides is 1. The van der Waals surface area contributed by atoms with Gasteiger partial charge in [0.1, 0.15) is 23.6 Å². The van der Waals surface area contributed by atoms with E-state index in [0.717, 1.165) is 5.56 Å². The van der Waals surface area contributed by atoms with Crippen molar-refractivity contribution in [1.29, 1.82) is 0 Å². The van der Waals surface area contributed by atoms with E-state index in [4.69, 9.17) is 14.6 Å². The molecule has 0 saturated carbocycles. The predicted molar refractivity (Wildman–Crippen MR) is 131 cm³/mol. The third kappa shape index (κ3) is 10.6. The van der Waals surface area contributed by atoms with Crippen LogP contribution in [0.5, 0.6) is 0 Å². The van der Waals surface area contributed by atoms with E-state index in [2.05, 4.69) is 10.3 Å². The minimum atomic E-state index is -3.79. The van der Waals surface area contributed by atoms with Crippen molar-refractivity contribution < 1.29 is 27.5 Å². The summed E-state index contributed by atoms with van der Waals surface area (Å²) in [6.45, 7) is 11.1. The van der Waals surface area contributed by atoms with E-state index in [0.29, 0.717) is 18.8 Å². The van der Waals surface area contributed by atoms with Crippen LogP contribution in [0.25, 0.3) is 0 Å². The SMILES string of the molecule is CC(C)(C)OC(=O)CC(Cc1ccc(S(N)(=O)=O)cc1)NCc1nccn1CC(=O)OC(C)(C)C. The van der Waals surface area contributed by atoms with Gasteiger partial charge in [0, 0.05) is 18.4 Å². The lowest BCUT2D eigenvalue weighted by molar-refractivity contribution is -0.156. The number of primary sulfonamides is 1. The van der Waals surface area contributed by atoms with Crippen LogP contribution in [0.15, 0.2) is 41.6 Å². The Morgan fingerprint density at radius 3 is 2.14 bits per heavy atom. The van der Waals surface area contributed by atoms with Gasteiger partial charge >= 0.3 is 11.9 Å². The number of benzene rings is 1. The Morgan fingerprint density at radius 1 is 1.03 bits per heavy atom. The van der Waals surface area contributed by atoms with Gasteiger partial charge in [-0.1, -0.05) is 12.1 Å². The molecule has 3 N–H and O–H groups in total. The monoisotopic (exact) mass is 508 g/mol. The molecule has 1 aromatic heterocycles. The molecule has 1 atom stereocenters. The number of nitrogens with two attached hydrogens (primary N) is 1. The molecule has 0 aliphatic carbocycles. The molecule has 1 unspecified atom stereocenters. The molecule has 10 nitrogen and oxygen atoms in total. The van der Waals surface area contributed by atoms with Gasteiger partial charge in [-0.2, -0.15) is 0 Å². The molecule has 194 valence electrons. The number of nitrogens with one attached hydrogen (secondary N) is 1. The number of nitrogens with zero attached hydrogens (tertiary/aromatic N) is 2. The van der Waals surface area contributed by atoms with E-state index in [1.165, 1.54) is 12.1 Å². The molecule has 0 aliphatic rings. The molecule has 0 saturated heterocycles. The van der Waals surface area contributed by atoms with Crippen LogP contribution < -0.4 is 10.5 Å². The molecular weight excluding hydrogens is 472 g/mol. The maximum absolute atomic E-state index is 12.5. The van der Waals surface area contributed by atoms with Gasteiger partial charge in [0.15, 0.2) is 0 Å². The van der Waals surface area contributed by atoms with Crippen molar-refractivity contribution in [2.45, 2.75) is 89.6 Å². The zero-order chi connectivity index (χ0) is 26.4. The maximum atomic E-state index is 12.5. The number of aromatic nitrogens is 2. The van der Waals surface area contributed by atoms with Gasteiger partial charge in [-0.3, -0.25) is 9.59 Å². The van der Waals surface area contributed by atoms with Crippen LogP contribution in [0.2, 0.25) is 0 Å². The summed E-state index contributed by atoms with van der Waals surface area (Å²) in [5.74, 6) is -0.139. The van der Waals surface area contributed by atoms with Crippen LogP contribution in [-0.2, 0) is 48.6 Å². The van der Waals surface area contributed by atoms with E-state index in [1.54, 1.807) is 70.6 Å². The minimum Gasteiger partial charge on any atom is -0.460 e. The summed E-state index contributed by atoms with van der Waals surface area (Å²) in [6, 6.07) is 5.85. The predicted octanol–water partition coefficient (Wildman–Crippen LogP) is 2.30. The number of carbonyl (C=O) groups excluding carboxylic acids is 2. The van der Waals surface area contributed by atoms with E-state index in [-0.39, 0.29) is 35.8 Å². The highest BCUT2D eigenvalue weighted by atomic mass is 32.2. The van der Waals surface area contributed by atoms with Crippen molar-refractivity contribution in [3.05, 3.63) is 48.0 Å². The van der Waals surface area contributed by atoms with Crippen molar-refractivity contribution in [3.8, 4) is 0 Å². The van der Waals surface area contributed by atoms with Gasteiger partial charge in [-0.05, 0) is 65.7 Å². The van der Waals surface area contributed by atoms with Crippen LogP contribution in [0, 0.1) is 0 Å². The zero-order valence-electron chi connectivity index (χ0n) is 21.2. The van der Waals surface area contributed by atoms with Crippen molar-refractivity contribution in [2.75, 3.05) is 0 Å². The summed E-state index contributed by atoms with van der Waals surface area (Å²) in [4.78, 5) is 29.1. The Bertz CT molecular complexity index is 1110. The number of imidazole rings is 1. The van der Waals surface area contributed by atoms with E-state index < -0.39 is 21.2 Å². The van der Waals surface area contributed by atoms with Gasteiger partial charge in [0.2, 0.25) is 10.0 Å². The first-order chi connectivity index (χ1) is 16.0. The van der Waals surface area contributed by atoms with Crippen molar-refractivity contribution in [3.63, 3.8) is 0 Å². The topological polar surface area (TPSA) is 143 Å². The van der Waals surface area contributed by atoms with E-state index in [1.807, 2.05) is 0 Å². The second-order valence-corrected chi connectivity index (χ2v) is 11.9. The van der Waals surface area contributed by atoms with Gasteiger partial charge in [0.05, 0.1) is 17.9 Å². The minimum absolute atomic E-state index is 0.0139. The Labute approximate surface area is 207 Å². The summed E-state index contributed by atoms with van der Waals surface area (Å²) >= 11 is 0. The Hall–Kier alpha value is -2.76. The first-order valence-corrected chi connectivity index (χ1v) is 12.9. The van der Waals surface area contributed by atoms with Crippen LogP contribution in [0.3, 0.4) is 0 Å². The Balaban J connectivity index is 2.12. The van der Waals surface area contributed by atoms with Crippen molar-refractivity contribution in [1.82, 2.24) is 14.9 Å². The fraction of sp³-hybridized carbons (Fsp3) is 0.542. The van der Waals surface area contributed by atoms with Crippen LogP contribution in [0.4, 0.5) is 0 Å². The highest BCUT2D eigenvalue weighted by Crippen LogP contribution is 2.15. The molecule has 2 rings (SSSR count). The smallest absolute Gasteiger partial charge is 0.326 e. The lowest BCUT2D eigenvalue weighted by atomic mass is 10.0. The molecule has 35 heavy (non-hydrogen) atoms. The number of esters is 2. The standard InChI is InChI=1S/C24H36N4O6S/c1-23(2,3)33-21(29)14-18(13-17-7-9-19(10-8-17)35(25,31)32)27-15-20-26-11-12-28(20)16-22(30)34-24(4,5)6/h7-12,18,27H,13-16H2,1-6H3,(H2,25,31,32). The highest BCUT2D eigenvalue weighted by molar-refractivity contribution is 7.89. The Kier molecular flexibility index (Phi) is 9.21. The van der Waals surface area contributed by atoms with Gasteiger partial charge in [-0.15, -0.1) is 0 Å². The summed E-state index contributed by atoms with van der Waals surface area (Å²) in [7, 11) is -3.79. The number of carbonyl (C=O) groups is 2. The maximum Gasteiger partial charge on any atom is 0.326 e. The third-order valence-corrected chi connectivity index (χ3v) is 5.57. The lowest BCUT2D eigenvalue weighted by Crippen LogP contribution is -2.36. The summed E-state index contributed by atoms with van der Waals surface area (Å²) in [5, 5.41) is 8.49.